The number of nitrogens with zero attached hydrogens (tertiary/aromatic N) is 6. The van der Waals surface area contributed by atoms with E-state index in [0.717, 1.165) is 16.9 Å². The number of amides is 1. The van der Waals surface area contributed by atoms with Crippen LogP contribution >= 0.6 is 0 Å². The van der Waals surface area contributed by atoms with E-state index < -0.39 is 30.5 Å². The number of halogens is 4. The van der Waals surface area contributed by atoms with E-state index in [4.69, 9.17) is 0 Å². The van der Waals surface area contributed by atoms with Gasteiger partial charge in [0.15, 0.2) is 0 Å². The topological polar surface area (TPSA) is 68.8 Å². The van der Waals surface area contributed by atoms with Gasteiger partial charge in [-0.15, -0.1) is 5.10 Å². The second-order valence-corrected chi connectivity index (χ2v) is 8.38. The van der Waals surface area contributed by atoms with Crippen molar-refractivity contribution in [2.75, 3.05) is 11.4 Å². The van der Waals surface area contributed by atoms with Crippen molar-refractivity contribution in [2.45, 2.75) is 32.0 Å². The van der Waals surface area contributed by atoms with E-state index in [1.807, 2.05) is 42.0 Å². The van der Waals surface area contributed by atoms with Crippen LogP contribution < -0.4 is 4.90 Å². The molecule has 0 unspecified atom stereocenters. The summed E-state index contributed by atoms with van der Waals surface area (Å²) < 4.78 is 57.5. The number of benzene rings is 2. The maximum atomic E-state index is 14.4. The molecule has 0 fully saturated rings. The summed E-state index contributed by atoms with van der Waals surface area (Å²) in [4.78, 5) is 18.0. The molecule has 3 heterocycles. The first kappa shape index (κ1) is 22.8. The molecule has 0 saturated heterocycles. The minimum Gasteiger partial charge on any atom is -0.306 e. The highest BCUT2D eigenvalue weighted by Gasteiger charge is 2.40. The Hall–Kier alpha value is -4.02. The SMILES string of the molecule is Cc1cn(-c2ccc(-c3cn([C@@H]4CCc5c(F)cccc5N(CC(F)(F)F)C4=O)nn3)cc2)cn1. The number of rotatable bonds is 4. The number of carbonyl (C=O) groups excluding carboxylic acids is 1. The second-order valence-electron chi connectivity index (χ2n) is 8.38. The van der Waals surface area contributed by atoms with E-state index in [-0.39, 0.29) is 24.1 Å². The highest BCUT2D eigenvalue weighted by molar-refractivity contribution is 5.97. The largest absolute Gasteiger partial charge is 0.406 e. The minimum atomic E-state index is -4.66. The van der Waals surface area contributed by atoms with Gasteiger partial charge in [0, 0.05) is 23.0 Å². The molecule has 0 saturated carbocycles. The van der Waals surface area contributed by atoms with Crippen molar-refractivity contribution in [1.29, 1.82) is 0 Å². The number of carbonyl (C=O) groups is 1. The van der Waals surface area contributed by atoms with Crippen molar-refractivity contribution >= 4 is 11.6 Å². The third kappa shape index (κ3) is 4.53. The standard InChI is InChI=1S/C24H20F4N6O/c1-15-11-32(14-29-15)17-7-5-16(6-8-17)20-12-34(31-30-20)22-10-9-18-19(25)3-2-4-21(18)33(23(22)35)13-24(26,27)28/h2-8,11-12,14,22H,9-10,13H2,1H3/t22-/m1/s1. The lowest BCUT2D eigenvalue weighted by Crippen LogP contribution is -2.42. The molecule has 0 spiro atoms. The highest BCUT2D eigenvalue weighted by atomic mass is 19.4. The number of hydrogen-bond acceptors (Lipinski definition) is 4. The summed E-state index contributed by atoms with van der Waals surface area (Å²) in [5.74, 6) is -1.45. The Labute approximate surface area is 197 Å². The monoisotopic (exact) mass is 484 g/mol. The Bertz CT molecular complexity index is 1380. The van der Waals surface area contributed by atoms with Gasteiger partial charge in [0.05, 0.1) is 23.9 Å². The molecule has 0 bridgehead atoms. The molecule has 4 aromatic rings. The summed E-state index contributed by atoms with van der Waals surface area (Å²) in [6.07, 6.45) is 0.625. The van der Waals surface area contributed by atoms with Crippen molar-refractivity contribution in [3.05, 3.63) is 78.3 Å². The van der Waals surface area contributed by atoms with Crippen LogP contribution in [0.3, 0.4) is 0 Å². The van der Waals surface area contributed by atoms with Gasteiger partial charge >= 0.3 is 6.18 Å². The average Bonchev–Trinajstić information content (AvgIpc) is 3.45. The molecule has 0 aliphatic carbocycles. The van der Waals surface area contributed by atoms with Crippen LogP contribution in [0.2, 0.25) is 0 Å². The third-order valence-corrected chi connectivity index (χ3v) is 5.94. The number of anilines is 1. The summed E-state index contributed by atoms with van der Waals surface area (Å²) in [6, 6.07) is 10.2. The van der Waals surface area contributed by atoms with Crippen molar-refractivity contribution in [3.8, 4) is 16.9 Å². The third-order valence-electron chi connectivity index (χ3n) is 5.94. The first-order valence-electron chi connectivity index (χ1n) is 10.9. The molecule has 5 rings (SSSR count). The maximum Gasteiger partial charge on any atom is 0.406 e. The first-order valence-corrected chi connectivity index (χ1v) is 10.9. The van der Waals surface area contributed by atoms with Gasteiger partial charge < -0.3 is 9.47 Å². The normalized spacial score (nSPS) is 16.3. The predicted molar refractivity (Wildman–Crippen MR) is 119 cm³/mol. The van der Waals surface area contributed by atoms with Crippen molar-refractivity contribution < 1.29 is 22.4 Å². The van der Waals surface area contributed by atoms with E-state index in [9.17, 15) is 22.4 Å². The highest BCUT2D eigenvalue weighted by Crippen LogP contribution is 2.35. The second kappa shape index (κ2) is 8.64. The average molecular weight is 484 g/mol. The van der Waals surface area contributed by atoms with Gasteiger partial charge in [-0.25, -0.2) is 14.1 Å². The molecule has 2 aromatic heterocycles. The lowest BCUT2D eigenvalue weighted by molar-refractivity contribution is -0.134. The van der Waals surface area contributed by atoms with Crippen molar-refractivity contribution in [3.63, 3.8) is 0 Å². The van der Waals surface area contributed by atoms with E-state index in [1.54, 1.807) is 6.33 Å². The van der Waals surface area contributed by atoms with Gasteiger partial charge in [0.25, 0.3) is 5.91 Å². The molecular formula is C24H20F4N6O. The molecule has 1 aliphatic heterocycles. The van der Waals surface area contributed by atoms with Crippen LogP contribution in [0.15, 0.2) is 61.2 Å². The van der Waals surface area contributed by atoms with Gasteiger partial charge in [-0.05, 0) is 44.0 Å². The fourth-order valence-electron chi connectivity index (χ4n) is 4.27. The molecule has 1 aliphatic rings. The van der Waals surface area contributed by atoms with Gasteiger partial charge in [0.2, 0.25) is 0 Å². The first-order chi connectivity index (χ1) is 16.7. The molecule has 180 valence electrons. The zero-order valence-electron chi connectivity index (χ0n) is 18.6. The number of aryl methyl sites for hydroxylation is 1. The minimum absolute atomic E-state index is 0.0690. The van der Waals surface area contributed by atoms with Crippen LogP contribution in [0, 0.1) is 12.7 Å². The number of aromatic nitrogens is 5. The van der Waals surface area contributed by atoms with Crippen LogP contribution in [-0.4, -0.2) is 43.2 Å². The number of hydrogen-bond donors (Lipinski definition) is 0. The lowest BCUT2D eigenvalue weighted by Gasteiger charge is -2.26. The number of imidazole rings is 1. The summed E-state index contributed by atoms with van der Waals surface area (Å²) in [7, 11) is 0. The van der Waals surface area contributed by atoms with Crippen molar-refractivity contribution in [2.24, 2.45) is 0 Å². The van der Waals surface area contributed by atoms with Gasteiger partial charge in [-0.3, -0.25) is 4.79 Å². The van der Waals surface area contributed by atoms with Crippen LogP contribution in [0.25, 0.3) is 16.9 Å². The Morgan fingerprint density at radius 2 is 1.86 bits per heavy atom. The molecule has 0 N–H and O–H groups in total. The quantitative estimate of drug-likeness (QED) is 0.395. The zero-order chi connectivity index (χ0) is 24.7. The molecule has 1 atom stereocenters. The fraction of sp³-hybridized carbons (Fsp3) is 0.250. The van der Waals surface area contributed by atoms with Gasteiger partial charge in [-0.2, -0.15) is 13.2 Å². The molecule has 1 amide bonds. The molecule has 11 heteroatoms. The van der Waals surface area contributed by atoms with Gasteiger partial charge in [0.1, 0.15) is 24.1 Å². The van der Waals surface area contributed by atoms with E-state index in [0.29, 0.717) is 10.6 Å². The van der Waals surface area contributed by atoms with Crippen LogP contribution in [-0.2, 0) is 11.2 Å². The summed E-state index contributed by atoms with van der Waals surface area (Å²) in [5.41, 5.74) is 2.97. The zero-order valence-corrected chi connectivity index (χ0v) is 18.6. The number of alkyl halides is 3. The number of fused-ring (bicyclic) bond motifs is 1. The summed E-state index contributed by atoms with van der Waals surface area (Å²) in [5, 5.41) is 8.16. The Balaban J connectivity index is 1.44. The lowest BCUT2D eigenvalue weighted by atomic mass is 10.1. The van der Waals surface area contributed by atoms with Crippen LogP contribution in [0.4, 0.5) is 23.2 Å². The molecule has 7 nitrogen and oxygen atoms in total. The van der Waals surface area contributed by atoms with Crippen LogP contribution in [0.1, 0.15) is 23.7 Å². The smallest absolute Gasteiger partial charge is 0.306 e. The summed E-state index contributed by atoms with van der Waals surface area (Å²) >= 11 is 0. The van der Waals surface area contributed by atoms with E-state index in [1.165, 1.54) is 29.1 Å². The molecule has 2 aromatic carbocycles. The van der Waals surface area contributed by atoms with Gasteiger partial charge in [-0.1, -0.05) is 23.4 Å². The van der Waals surface area contributed by atoms with Crippen molar-refractivity contribution in [1.82, 2.24) is 24.5 Å². The van der Waals surface area contributed by atoms with Crippen LogP contribution in [0.5, 0.6) is 0 Å². The van der Waals surface area contributed by atoms with E-state index in [2.05, 4.69) is 15.3 Å². The Kier molecular flexibility index (Phi) is 5.62. The maximum absolute atomic E-state index is 14.4. The Morgan fingerprint density at radius 1 is 1.09 bits per heavy atom. The molecule has 35 heavy (non-hydrogen) atoms. The predicted octanol–water partition coefficient (Wildman–Crippen LogP) is 4.66. The summed E-state index contributed by atoms with van der Waals surface area (Å²) in [6.45, 7) is 0.371. The van der Waals surface area contributed by atoms with E-state index >= 15 is 0 Å². The Morgan fingerprint density at radius 3 is 2.54 bits per heavy atom. The fourth-order valence-corrected chi connectivity index (χ4v) is 4.27. The molecular weight excluding hydrogens is 464 g/mol. The molecule has 0 radical (unpaired) electrons.